The van der Waals surface area contributed by atoms with Gasteiger partial charge in [0.05, 0.1) is 6.42 Å². The lowest BCUT2D eigenvalue weighted by Crippen LogP contribution is -2.06. The van der Waals surface area contributed by atoms with E-state index >= 15 is 0 Å². The Morgan fingerprint density at radius 3 is 2.11 bits per heavy atom. The van der Waals surface area contributed by atoms with E-state index in [-0.39, 0.29) is 5.03 Å². The molecule has 0 saturated heterocycles. The lowest BCUT2D eigenvalue weighted by Gasteiger charge is -1.87. The molecule has 0 heterocycles. The van der Waals surface area contributed by atoms with Crippen LogP contribution in [0.25, 0.3) is 0 Å². The molecule has 0 radical (unpaired) electrons. The van der Waals surface area contributed by atoms with Crippen LogP contribution < -0.4 is 0 Å². The van der Waals surface area contributed by atoms with Crippen molar-refractivity contribution in [3.63, 3.8) is 0 Å². The molecule has 0 fully saturated rings. The van der Waals surface area contributed by atoms with E-state index in [2.05, 4.69) is 6.58 Å². The standard InChI is InChI=1S/C5H4ClFO2/c1-3(6)2-4(8)5(7)9/h1-2H2. The summed E-state index contributed by atoms with van der Waals surface area (Å²) in [5.41, 5.74) is 0. The Labute approximate surface area is 56.3 Å². The van der Waals surface area contributed by atoms with Gasteiger partial charge in [-0.3, -0.25) is 9.59 Å². The monoisotopic (exact) mass is 150 g/mol. The molecular formula is C5H4ClFO2. The first-order valence-corrected chi connectivity index (χ1v) is 2.47. The molecule has 50 valence electrons. The maximum absolute atomic E-state index is 11.4. The van der Waals surface area contributed by atoms with E-state index in [0.717, 1.165) is 0 Å². The number of ketones is 1. The minimum Gasteiger partial charge on any atom is -0.287 e. The molecule has 0 aromatic heterocycles. The predicted molar refractivity (Wildman–Crippen MR) is 30.7 cm³/mol. The number of carbonyl (C=O) groups is 2. The summed E-state index contributed by atoms with van der Waals surface area (Å²) >= 11 is 5.08. The summed E-state index contributed by atoms with van der Waals surface area (Å²) in [7, 11) is 0. The molecule has 0 N–H and O–H groups in total. The molecule has 0 saturated carbocycles. The first kappa shape index (κ1) is 8.30. The summed E-state index contributed by atoms with van der Waals surface area (Å²) in [4.78, 5) is 19.6. The van der Waals surface area contributed by atoms with E-state index in [4.69, 9.17) is 11.6 Å². The van der Waals surface area contributed by atoms with Crippen LogP contribution in [0.4, 0.5) is 4.39 Å². The quantitative estimate of drug-likeness (QED) is 0.448. The van der Waals surface area contributed by atoms with E-state index < -0.39 is 18.2 Å². The Morgan fingerprint density at radius 1 is 1.56 bits per heavy atom. The highest BCUT2D eigenvalue weighted by atomic mass is 35.5. The Kier molecular flexibility index (Phi) is 3.09. The average molecular weight is 151 g/mol. The molecule has 0 aromatic rings. The van der Waals surface area contributed by atoms with E-state index in [1.807, 2.05) is 0 Å². The third-order valence-electron chi connectivity index (χ3n) is 0.572. The van der Waals surface area contributed by atoms with Gasteiger partial charge in [0.2, 0.25) is 5.78 Å². The largest absolute Gasteiger partial charge is 0.367 e. The maximum Gasteiger partial charge on any atom is 0.367 e. The van der Waals surface area contributed by atoms with Gasteiger partial charge < -0.3 is 0 Å². The number of Topliss-reactive ketones (excluding diaryl/α,β-unsaturated/α-hetero) is 1. The van der Waals surface area contributed by atoms with Crippen LogP contribution in [0.1, 0.15) is 6.42 Å². The van der Waals surface area contributed by atoms with Crippen molar-refractivity contribution in [3.8, 4) is 0 Å². The summed E-state index contributed by atoms with van der Waals surface area (Å²) in [6.07, 6.45) is -0.420. The fourth-order valence-electron chi connectivity index (χ4n) is 0.244. The fraction of sp³-hybridized carbons (Fsp3) is 0.200. The molecule has 0 unspecified atom stereocenters. The maximum atomic E-state index is 11.4. The fourth-order valence-corrected chi connectivity index (χ4v) is 0.365. The van der Waals surface area contributed by atoms with Crippen molar-refractivity contribution < 1.29 is 14.0 Å². The molecule has 0 aliphatic heterocycles. The zero-order valence-electron chi connectivity index (χ0n) is 4.49. The number of carbonyl (C=O) groups excluding carboxylic acids is 2. The zero-order valence-corrected chi connectivity index (χ0v) is 5.24. The van der Waals surface area contributed by atoms with E-state index in [0.29, 0.717) is 0 Å². The number of hydrogen-bond acceptors (Lipinski definition) is 2. The molecule has 0 rings (SSSR count). The summed E-state index contributed by atoms with van der Waals surface area (Å²) in [6, 6.07) is -1.98. The van der Waals surface area contributed by atoms with Gasteiger partial charge in [-0.15, -0.1) is 0 Å². The Hall–Kier alpha value is -0.700. The van der Waals surface area contributed by atoms with Crippen LogP contribution in [0.15, 0.2) is 11.6 Å². The van der Waals surface area contributed by atoms with Crippen molar-refractivity contribution in [2.75, 3.05) is 0 Å². The van der Waals surface area contributed by atoms with Gasteiger partial charge in [0, 0.05) is 5.03 Å². The van der Waals surface area contributed by atoms with Gasteiger partial charge in [-0.1, -0.05) is 18.2 Å². The second-order valence-electron chi connectivity index (χ2n) is 1.39. The van der Waals surface area contributed by atoms with Crippen LogP contribution >= 0.6 is 11.6 Å². The smallest absolute Gasteiger partial charge is 0.287 e. The number of hydrogen-bond donors (Lipinski definition) is 0. The summed E-state index contributed by atoms with van der Waals surface area (Å²) < 4.78 is 11.4. The zero-order chi connectivity index (χ0) is 7.44. The van der Waals surface area contributed by atoms with Gasteiger partial charge in [-0.05, 0) is 0 Å². The van der Waals surface area contributed by atoms with Gasteiger partial charge in [-0.25, -0.2) is 0 Å². The first-order chi connectivity index (χ1) is 4.04. The number of allylic oxidation sites excluding steroid dienone is 1. The SMILES string of the molecule is C=C(Cl)CC(=O)C(=O)F. The normalized spacial score (nSPS) is 8.67. The summed E-state index contributed by atoms with van der Waals surface area (Å²) in [6.45, 7) is 3.10. The number of rotatable bonds is 3. The van der Waals surface area contributed by atoms with Crippen LogP contribution in [0.2, 0.25) is 0 Å². The second-order valence-corrected chi connectivity index (χ2v) is 1.93. The first-order valence-electron chi connectivity index (χ1n) is 2.10. The third kappa shape index (κ3) is 3.85. The highest BCUT2D eigenvalue weighted by molar-refractivity contribution is 6.38. The van der Waals surface area contributed by atoms with Crippen molar-refractivity contribution in [3.05, 3.63) is 11.6 Å². The minimum absolute atomic E-state index is 0.0361. The third-order valence-corrected chi connectivity index (χ3v) is 0.705. The second kappa shape index (κ2) is 3.35. The Morgan fingerprint density at radius 2 is 2.00 bits per heavy atom. The predicted octanol–water partition coefficient (Wildman–Crippen LogP) is 1.19. The lowest BCUT2D eigenvalue weighted by atomic mass is 10.3. The van der Waals surface area contributed by atoms with Crippen LogP contribution in [-0.4, -0.2) is 11.8 Å². The van der Waals surface area contributed by atoms with Crippen molar-refractivity contribution >= 4 is 23.4 Å². The van der Waals surface area contributed by atoms with Crippen molar-refractivity contribution in [2.24, 2.45) is 0 Å². The van der Waals surface area contributed by atoms with E-state index in [1.54, 1.807) is 0 Å². The molecule has 0 bridgehead atoms. The highest BCUT2D eigenvalue weighted by Crippen LogP contribution is 2.03. The topological polar surface area (TPSA) is 34.1 Å². The van der Waals surface area contributed by atoms with E-state index in [1.165, 1.54) is 0 Å². The minimum atomic E-state index is -1.98. The Balaban J connectivity index is 3.79. The Bertz CT molecular complexity index is 164. The molecular weight excluding hydrogens is 147 g/mol. The molecule has 0 atom stereocenters. The molecule has 0 amide bonds. The molecule has 0 aliphatic carbocycles. The highest BCUT2D eigenvalue weighted by Gasteiger charge is 2.11. The summed E-state index contributed by atoms with van der Waals surface area (Å²) in [5, 5.41) is -0.0361. The molecule has 4 heteroatoms. The molecule has 0 spiro atoms. The molecule has 2 nitrogen and oxygen atoms in total. The lowest BCUT2D eigenvalue weighted by molar-refractivity contribution is -0.143. The number of halogens is 2. The summed E-state index contributed by atoms with van der Waals surface area (Å²) in [5.74, 6) is -1.16. The van der Waals surface area contributed by atoms with Crippen LogP contribution in [0.5, 0.6) is 0 Å². The van der Waals surface area contributed by atoms with Crippen molar-refractivity contribution in [2.45, 2.75) is 6.42 Å². The van der Waals surface area contributed by atoms with Gasteiger partial charge in [0.15, 0.2) is 0 Å². The van der Waals surface area contributed by atoms with Crippen LogP contribution in [-0.2, 0) is 9.59 Å². The van der Waals surface area contributed by atoms with Gasteiger partial charge in [0.1, 0.15) is 0 Å². The van der Waals surface area contributed by atoms with Gasteiger partial charge in [0.25, 0.3) is 0 Å². The molecule has 9 heavy (non-hydrogen) atoms. The van der Waals surface area contributed by atoms with E-state index in [9.17, 15) is 14.0 Å². The van der Waals surface area contributed by atoms with Crippen LogP contribution in [0.3, 0.4) is 0 Å². The molecule has 0 aliphatic rings. The van der Waals surface area contributed by atoms with Crippen molar-refractivity contribution in [1.82, 2.24) is 0 Å². The van der Waals surface area contributed by atoms with Gasteiger partial charge >= 0.3 is 6.04 Å². The van der Waals surface area contributed by atoms with Crippen LogP contribution in [0, 0.1) is 0 Å². The molecule has 0 aromatic carbocycles. The average Bonchev–Trinajstić information content (AvgIpc) is 1.63. The van der Waals surface area contributed by atoms with Gasteiger partial charge in [-0.2, -0.15) is 4.39 Å². The van der Waals surface area contributed by atoms with Crippen molar-refractivity contribution in [1.29, 1.82) is 0 Å².